The van der Waals surface area contributed by atoms with Gasteiger partial charge >= 0.3 is 0 Å². The molecule has 0 radical (unpaired) electrons. The van der Waals surface area contributed by atoms with Crippen LogP contribution in [0.2, 0.25) is 5.02 Å². The van der Waals surface area contributed by atoms with Crippen molar-refractivity contribution < 1.29 is 38.3 Å². The molecule has 47 heavy (non-hydrogen) atoms. The number of amides is 4. The molecule has 11 nitrogen and oxygen atoms in total. The van der Waals surface area contributed by atoms with Gasteiger partial charge in [0.25, 0.3) is 5.69 Å². The number of non-ortho nitro benzene ring substituents is 1. The number of methoxy groups -OCH3 is 1. The Labute approximate surface area is 272 Å². The maximum absolute atomic E-state index is 14.5. The summed E-state index contributed by atoms with van der Waals surface area (Å²) in [6.07, 6.45) is 1.98. The van der Waals surface area contributed by atoms with E-state index in [1.807, 2.05) is 6.08 Å². The number of allylic oxidation sites excluding steroid dienone is 2. The minimum Gasteiger partial charge on any atom is -0.508 e. The Kier molecular flexibility index (Phi) is 6.97. The molecular weight excluding hydrogens is 633 g/mol. The van der Waals surface area contributed by atoms with Crippen LogP contribution in [0.15, 0.2) is 72.3 Å². The molecule has 0 unspecified atom stereocenters. The summed E-state index contributed by atoms with van der Waals surface area (Å²) in [7, 11) is 1.45. The fourth-order valence-corrected chi connectivity index (χ4v) is 8.30. The number of phenols is 1. The lowest BCUT2D eigenvalue weighted by molar-refractivity contribution is -0.384. The number of ether oxygens (including phenoxy) is 1. The van der Waals surface area contributed by atoms with Crippen LogP contribution in [0.25, 0.3) is 0 Å². The summed E-state index contributed by atoms with van der Waals surface area (Å²) >= 11 is 6.04. The number of anilines is 2. The first-order valence-corrected chi connectivity index (χ1v) is 15.3. The molecule has 1 N–H and O–H groups in total. The Bertz CT molecular complexity index is 1960. The van der Waals surface area contributed by atoms with E-state index < -0.39 is 69.4 Å². The Morgan fingerprint density at radius 3 is 2.43 bits per heavy atom. The second-order valence-corrected chi connectivity index (χ2v) is 12.9. The molecule has 2 aliphatic carbocycles. The van der Waals surface area contributed by atoms with Crippen LogP contribution in [0.1, 0.15) is 31.2 Å². The van der Waals surface area contributed by atoms with Crippen molar-refractivity contribution in [2.75, 3.05) is 16.9 Å². The highest BCUT2D eigenvalue weighted by molar-refractivity contribution is 6.32. The Morgan fingerprint density at radius 1 is 0.979 bits per heavy atom. The monoisotopic (exact) mass is 659 g/mol. The summed E-state index contributed by atoms with van der Waals surface area (Å²) in [4.78, 5) is 69.5. The van der Waals surface area contributed by atoms with E-state index in [2.05, 4.69) is 0 Å². The molecule has 0 spiro atoms. The molecular formula is C34H27ClFN3O8. The van der Waals surface area contributed by atoms with Crippen molar-refractivity contribution in [3.8, 4) is 11.5 Å². The van der Waals surface area contributed by atoms with Crippen LogP contribution in [0, 0.1) is 45.0 Å². The van der Waals surface area contributed by atoms with Gasteiger partial charge in [-0.15, -0.1) is 0 Å². The summed E-state index contributed by atoms with van der Waals surface area (Å²) in [5.41, 5.74) is -0.680. The lowest BCUT2D eigenvalue weighted by Gasteiger charge is -2.49. The van der Waals surface area contributed by atoms with Crippen LogP contribution in [0.5, 0.6) is 11.5 Å². The Balaban J connectivity index is 1.38. The molecule has 240 valence electrons. The van der Waals surface area contributed by atoms with E-state index in [9.17, 15) is 38.8 Å². The Hall–Kier alpha value is -5.10. The number of rotatable bonds is 5. The molecule has 13 heteroatoms. The van der Waals surface area contributed by atoms with Crippen molar-refractivity contribution in [2.24, 2.45) is 29.1 Å². The molecule has 0 aromatic heterocycles. The van der Waals surface area contributed by atoms with Crippen molar-refractivity contribution in [3.05, 3.63) is 98.8 Å². The van der Waals surface area contributed by atoms with Crippen molar-refractivity contribution in [3.63, 3.8) is 0 Å². The molecule has 0 bridgehead atoms. The van der Waals surface area contributed by atoms with Crippen LogP contribution in [0.4, 0.5) is 21.5 Å². The fourth-order valence-electron chi connectivity index (χ4n) is 8.12. The second kappa shape index (κ2) is 10.7. The topological polar surface area (TPSA) is 147 Å². The standard InChI is InChI=1S/C34H27ClFN3O8/c1-34-24(31(42)38(33(34)44)17-6-10-26(36)25(35)13-17)15-22-20(29(34)23-14-19(47-2)7-11-27(23)40)8-9-21-28(22)32(43)37(30(21)41)16-4-3-5-18(12-16)39(45)46/h3-8,10-14,21-22,24,28-29,40H,9,15H2,1-2H3/t21-,22+,24-,28-,29+,34+/m0/s1. The maximum atomic E-state index is 14.5. The van der Waals surface area contributed by atoms with Gasteiger partial charge in [0.15, 0.2) is 0 Å². The zero-order valence-electron chi connectivity index (χ0n) is 25.1. The third-order valence-corrected chi connectivity index (χ3v) is 10.6. The maximum Gasteiger partial charge on any atom is 0.271 e. The molecule has 3 fully saturated rings. The number of benzene rings is 3. The summed E-state index contributed by atoms with van der Waals surface area (Å²) in [6.45, 7) is 1.65. The van der Waals surface area contributed by atoms with E-state index >= 15 is 0 Å². The molecule has 2 aliphatic heterocycles. The van der Waals surface area contributed by atoms with Crippen LogP contribution in [0.3, 0.4) is 0 Å². The van der Waals surface area contributed by atoms with Gasteiger partial charge in [-0.25, -0.2) is 14.2 Å². The van der Waals surface area contributed by atoms with Crippen molar-refractivity contribution >= 4 is 52.3 Å². The number of nitro groups is 1. The average molecular weight is 660 g/mol. The summed E-state index contributed by atoms with van der Waals surface area (Å²) in [6, 6.07) is 13.4. The highest BCUT2D eigenvalue weighted by Gasteiger charge is 2.68. The minimum atomic E-state index is -1.47. The number of carbonyl (C=O) groups excluding carboxylic acids is 4. The first-order chi connectivity index (χ1) is 22.4. The first-order valence-electron chi connectivity index (χ1n) is 14.9. The van der Waals surface area contributed by atoms with Gasteiger partial charge in [0.05, 0.1) is 51.6 Å². The third kappa shape index (κ3) is 4.31. The molecule has 4 amide bonds. The molecule has 3 aromatic rings. The fraction of sp³-hybridized carbons (Fsp3) is 0.294. The number of halogens is 2. The van der Waals surface area contributed by atoms with Gasteiger partial charge in [-0.1, -0.05) is 29.3 Å². The van der Waals surface area contributed by atoms with Gasteiger partial charge in [-0.05, 0) is 68.1 Å². The zero-order valence-corrected chi connectivity index (χ0v) is 25.8. The number of nitrogens with zero attached hydrogens (tertiary/aromatic N) is 3. The number of hydrogen-bond acceptors (Lipinski definition) is 8. The smallest absolute Gasteiger partial charge is 0.271 e. The largest absolute Gasteiger partial charge is 0.508 e. The van der Waals surface area contributed by atoms with Gasteiger partial charge in [-0.2, -0.15) is 0 Å². The van der Waals surface area contributed by atoms with Crippen molar-refractivity contribution in [1.29, 1.82) is 0 Å². The molecule has 6 atom stereocenters. The summed E-state index contributed by atoms with van der Waals surface area (Å²) in [5.74, 6) is -7.11. The molecule has 1 saturated carbocycles. The van der Waals surface area contributed by atoms with Crippen LogP contribution >= 0.6 is 11.6 Å². The number of fused-ring (bicyclic) bond motifs is 4. The lowest BCUT2D eigenvalue weighted by atomic mass is 9.51. The van der Waals surface area contributed by atoms with Gasteiger partial charge in [0.1, 0.15) is 17.3 Å². The van der Waals surface area contributed by atoms with E-state index in [0.717, 1.165) is 15.9 Å². The molecule has 4 aliphatic rings. The molecule has 3 aromatic carbocycles. The number of nitro benzene ring substituents is 1. The average Bonchev–Trinajstić information content (AvgIpc) is 3.42. The van der Waals surface area contributed by atoms with E-state index in [1.54, 1.807) is 19.1 Å². The zero-order chi connectivity index (χ0) is 33.5. The molecule has 7 rings (SSSR count). The SMILES string of the molecule is COc1ccc(O)c([C@H]2C3=CC[C@@H]4C(=O)N(c5cccc([N+](=O)[O-])c5)C(=O)[C@@H]4[C@@H]3C[C@H]3C(=O)N(c4ccc(F)c(Cl)c4)C(=O)[C@@]23C)c1. The number of hydrogen-bond donors (Lipinski definition) is 1. The van der Waals surface area contributed by atoms with Crippen LogP contribution in [-0.2, 0) is 19.2 Å². The quantitative estimate of drug-likeness (QED) is 0.163. The minimum absolute atomic E-state index is 0.0303. The predicted octanol–water partition coefficient (Wildman–Crippen LogP) is 5.54. The number of aromatic hydroxyl groups is 1. The predicted molar refractivity (Wildman–Crippen MR) is 166 cm³/mol. The number of imide groups is 2. The van der Waals surface area contributed by atoms with E-state index in [4.69, 9.17) is 16.3 Å². The highest BCUT2D eigenvalue weighted by atomic mass is 35.5. The van der Waals surface area contributed by atoms with Crippen LogP contribution in [-0.4, -0.2) is 40.8 Å². The first kappa shape index (κ1) is 30.5. The Morgan fingerprint density at radius 2 is 1.72 bits per heavy atom. The molecule has 2 heterocycles. The number of carbonyl (C=O) groups is 4. The van der Waals surface area contributed by atoms with E-state index in [0.29, 0.717) is 16.9 Å². The van der Waals surface area contributed by atoms with Crippen molar-refractivity contribution in [1.82, 2.24) is 0 Å². The van der Waals surface area contributed by atoms with Gasteiger partial charge in [-0.3, -0.25) is 29.3 Å². The van der Waals surface area contributed by atoms with E-state index in [1.165, 1.54) is 49.6 Å². The summed E-state index contributed by atoms with van der Waals surface area (Å²) in [5, 5.41) is 22.4. The van der Waals surface area contributed by atoms with Crippen molar-refractivity contribution in [2.45, 2.75) is 25.7 Å². The van der Waals surface area contributed by atoms with Gasteiger partial charge in [0, 0.05) is 23.6 Å². The normalized spacial score (nSPS) is 28.2. The van der Waals surface area contributed by atoms with Gasteiger partial charge < -0.3 is 9.84 Å². The van der Waals surface area contributed by atoms with Gasteiger partial charge in [0.2, 0.25) is 23.6 Å². The van der Waals surface area contributed by atoms with Crippen LogP contribution < -0.4 is 14.5 Å². The summed E-state index contributed by atoms with van der Waals surface area (Å²) < 4.78 is 19.5. The third-order valence-electron chi connectivity index (χ3n) is 10.3. The highest BCUT2D eigenvalue weighted by Crippen LogP contribution is 2.64. The van der Waals surface area contributed by atoms with E-state index in [-0.39, 0.29) is 40.7 Å². The molecule has 2 saturated heterocycles. The lowest BCUT2D eigenvalue weighted by Crippen LogP contribution is -2.48. The number of phenolic OH excluding ortho intramolecular Hbond substituents is 1. The second-order valence-electron chi connectivity index (χ2n) is 12.5.